The van der Waals surface area contributed by atoms with Gasteiger partial charge in [0.2, 0.25) is 4.96 Å². The molecule has 0 N–H and O–H groups in total. The molecule has 0 saturated heterocycles. The minimum Gasteiger partial charge on any atom is -0.187 e. The van der Waals surface area contributed by atoms with E-state index in [9.17, 15) is 0 Å². The van der Waals surface area contributed by atoms with Crippen molar-refractivity contribution in [3.63, 3.8) is 0 Å². The first kappa shape index (κ1) is 13.5. The first-order valence-corrected chi connectivity index (χ1v) is 7.59. The van der Waals surface area contributed by atoms with Gasteiger partial charge in [-0.25, -0.2) is 0 Å². The average Bonchev–Trinajstić information content (AvgIpc) is 2.90. The summed E-state index contributed by atoms with van der Waals surface area (Å²) in [5, 5.41) is 14.9. The lowest BCUT2D eigenvalue weighted by Gasteiger charge is -2.13. The number of hydrogen-bond acceptors (Lipinski definition) is 4. The summed E-state index contributed by atoms with van der Waals surface area (Å²) < 4.78 is 1.86. The van der Waals surface area contributed by atoms with Crippen molar-refractivity contribution in [1.82, 2.24) is 19.8 Å². The Morgan fingerprint density at radius 3 is 2.50 bits per heavy atom. The molecule has 1 aromatic carbocycles. The topological polar surface area (TPSA) is 43.1 Å². The van der Waals surface area contributed by atoms with Gasteiger partial charge in [-0.15, -0.1) is 10.2 Å². The van der Waals surface area contributed by atoms with Crippen LogP contribution in [-0.2, 0) is 11.8 Å². The van der Waals surface area contributed by atoms with E-state index in [1.807, 2.05) is 28.8 Å². The van der Waals surface area contributed by atoms with Crippen LogP contribution in [0.5, 0.6) is 0 Å². The van der Waals surface area contributed by atoms with Crippen LogP contribution in [0, 0.1) is 0 Å². The average molecular weight is 307 g/mol. The van der Waals surface area contributed by atoms with Gasteiger partial charge < -0.3 is 0 Å². The first-order chi connectivity index (χ1) is 9.43. The molecule has 0 fully saturated rings. The zero-order valence-corrected chi connectivity index (χ0v) is 13.2. The monoisotopic (exact) mass is 306 g/mol. The van der Waals surface area contributed by atoms with E-state index < -0.39 is 0 Å². The van der Waals surface area contributed by atoms with E-state index in [0.717, 1.165) is 27.2 Å². The molecule has 0 aliphatic heterocycles. The number of halogens is 1. The molecule has 0 aliphatic carbocycles. The van der Waals surface area contributed by atoms with Crippen molar-refractivity contribution >= 4 is 27.9 Å². The predicted octanol–water partition coefficient (Wildman–Crippen LogP) is 3.73. The molecule has 4 nitrogen and oxygen atoms in total. The van der Waals surface area contributed by atoms with Crippen molar-refractivity contribution in [2.45, 2.75) is 32.6 Å². The van der Waals surface area contributed by atoms with Crippen molar-refractivity contribution < 1.29 is 0 Å². The smallest absolute Gasteiger partial charge is 0.187 e. The van der Waals surface area contributed by atoms with Crippen molar-refractivity contribution in [1.29, 1.82) is 0 Å². The molecule has 0 atom stereocenters. The van der Waals surface area contributed by atoms with Crippen LogP contribution < -0.4 is 0 Å². The van der Waals surface area contributed by atoms with E-state index in [2.05, 4.69) is 36.1 Å². The fourth-order valence-electron chi connectivity index (χ4n) is 1.97. The molecule has 0 aliphatic rings. The first-order valence-electron chi connectivity index (χ1n) is 6.39. The Morgan fingerprint density at radius 1 is 1.15 bits per heavy atom. The SMILES string of the molecule is CC(C)(C)c1nnc2sc(Cc3ccc(Cl)cc3)nn12. The van der Waals surface area contributed by atoms with Gasteiger partial charge in [0.25, 0.3) is 0 Å². The number of hydrogen-bond donors (Lipinski definition) is 0. The minimum absolute atomic E-state index is 0.0645. The molecular formula is C14H15ClN4S. The highest BCUT2D eigenvalue weighted by atomic mass is 35.5. The number of rotatable bonds is 2. The predicted molar refractivity (Wildman–Crippen MR) is 81.6 cm³/mol. The van der Waals surface area contributed by atoms with Gasteiger partial charge in [-0.2, -0.15) is 9.61 Å². The number of aromatic nitrogens is 4. The summed E-state index contributed by atoms with van der Waals surface area (Å²) in [6.45, 7) is 6.34. The maximum atomic E-state index is 5.90. The second-order valence-corrected chi connectivity index (χ2v) is 7.24. The lowest BCUT2D eigenvalue weighted by molar-refractivity contribution is 0.527. The molecule has 20 heavy (non-hydrogen) atoms. The van der Waals surface area contributed by atoms with Gasteiger partial charge in [0.1, 0.15) is 5.01 Å². The van der Waals surface area contributed by atoms with E-state index >= 15 is 0 Å². The van der Waals surface area contributed by atoms with Crippen molar-refractivity contribution in [3.8, 4) is 0 Å². The highest BCUT2D eigenvalue weighted by molar-refractivity contribution is 7.16. The van der Waals surface area contributed by atoms with E-state index in [1.165, 1.54) is 5.56 Å². The summed E-state index contributed by atoms with van der Waals surface area (Å²) in [4.78, 5) is 0.846. The van der Waals surface area contributed by atoms with Gasteiger partial charge in [-0.3, -0.25) is 0 Å². The summed E-state index contributed by atoms with van der Waals surface area (Å²) in [5.41, 5.74) is 1.13. The van der Waals surface area contributed by atoms with Gasteiger partial charge in [0.15, 0.2) is 5.82 Å². The van der Waals surface area contributed by atoms with Gasteiger partial charge >= 0.3 is 0 Å². The van der Waals surface area contributed by atoms with Crippen LogP contribution in [-0.4, -0.2) is 19.8 Å². The Morgan fingerprint density at radius 2 is 1.85 bits per heavy atom. The summed E-state index contributed by atoms with van der Waals surface area (Å²) in [5.74, 6) is 0.895. The summed E-state index contributed by atoms with van der Waals surface area (Å²) >= 11 is 7.48. The molecule has 0 radical (unpaired) electrons. The van der Waals surface area contributed by atoms with Crippen LogP contribution in [0.25, 0.3) is 4.96 Å². The third kappa shape index (κ3) is 2.55. The second kappa shape index (κ2) is 4.82. The van der Waals surface area contributed by atoms with Gasteiger partial charge in [-0.1, -0.05) is 55.8 Å². The van der Waals surface area contributed by atoms with Crippen LogP contribution in [0.1, 0.15) is 37.2 Å². The summed E-state index contributed by atoms with van der Waals surface area (Å²) in [6.07, 6.45) is 0.786. The molecular weight excluding hydrogens is 292 g/mol. The Labute approximate surface area is 126 Å². The van der Waals surface area contributed by atoms with Crippen molar-refractivity contribution in [3.05, 3.63) is 45.7 Å². The van der Waals surface area contributed by atoms with Crippen LogP contribution in [0.3, 0.4) is 0 Å². The lowest BCUT2D eigenvalue weighted by atomic mass is 9.96. The van der Waals surface area contributed by atoms with Gasteiger partial charge in [0, 0.05) is 16.9 Å². The Balaban J connectivity index is 1.93. The number of nitrogens with zero attached hydrogens (tertiary/aromatic N) is 4. The third-order valence-corrected chi connectivity index (χ3v) is 4.12. The maximum Gasteiger partial charge on any atom is 0.234 e. The molecule has 2 heterocycles. The minimum atomic E-state index is -0.0645. The Kier molecular flexibility index (Phi) is 3.26. The molecule has 2 aromatic heterocycles. The van der Waals surface area contributed by atoms with E-state index in [4.69, 9.17) is 11.6 Å². The van der Waals surface area contributed by atoms with E-state index in [-0.39, 0.29) is 5.41 Å². The molecule has 6 heteroatoms. The van der Waals surface area contributed by atoms with Gasteiger partial charge in [0.05, 0.1) is 0 Å². The second-order valence-electron chi connectivity index (χ2n) is 5.77. The van der Waals surface area contributed by atoms with Crippen LogP contribution in [0.15, 0.2) is 24.3 Å². The van der Waals surface area contributed by atoms with Crippen molar-refractivity contribution in [2.75, 3.05) is 0 Å². The molecule has 0 bridgehead atoms. The molecule has 0 saturated carbocycles. The van der Waals surface area contributed by atoms with Crippen LogP contribution in [0.2, 0.25) is 5.02 Å². The highest BCUT2D eigenvalue weighted by Crippen LogP contribution is 2.24. The Hall–Kier alpha value is -1.46. The normalized spacial score (nSPS) is 12.2. The number of benzene rings is 1. The van der Waals surface area contributed by atoms with Gasteiger partial charge in [-0.05, 0) is 17.7 Å². The highest BCUT2D eigenvalue weighted by Gasteiger charge is 2.23. The van der Waals surface area contributed by atoms with Crippen LogP contribution in [0.4, 0.5) is 0 Å². The largest absolute Gasteiger partial charge is 0.234 e. The zero-order chi connectivity index (χ0) is 14.3. The van der Waals surface area contributed by atoms with E-state index in [0.29, 0.717) is 0 Å². The van der Waals surface area contributed by atoms with Crippen LogP contribution >= 0.6 is 22.9 Å². The zero-order valence-electron chi connectivity index (χ0n) is 11.6. The fourth-order valence-corrected chi connectivity index (χ4v) is 2.97. The van der Waals surface area contributed by atoms with E-state index in [1.54, 1.807) is 11.3 Å². The molecule has 0 unspecified atom stereocenters. The molecule has 104 valence electrons. The summed E-state index contributed by atoms with van der Waals surface area (Å²) in [6, 6.07) is 7.85. The molecule has 3 rings (SSSR count). The molecule has 3 aromatic rings. The number of fused-ring (bicyclic) bond motifs is 1. The lowest BCUT2D eigenvalue weighted by Crippen LogP contribution is -2.16. The molecule has 0 spiro atoms. The quantitative estimate of drug-likeness (QED) is 0.724. The standard InChI is InChI=1S/C14H15ClN4S/c1-14(2,3)12-16-17-13-19(12)18-11(20-13)8-9-4-6-10(15)7-5-9/h4-7H,8H2,1-3H3. The van der Waals surface area contributed by atoms with Crippen molar-refractivity contribution in [2.24, 2.45) is 0 Å². The Bertz CT molecular complexity index is 737. The molecule has 0 amide bonds. The maximum absolute atomic E-state index is 5.90. The third-order valence-electron chi connectivity index (χ3n) is 2.97. The fraction of sp³-hybridized carbons (Fsp3) is 0.357. The summed E-state index contributed by atoms with van der Waals surface area (Å²) in [7, 11) is 0.